The molecule has 0 bridgehead atoms. The molecule has 0 saturated carbocycles. The van der Waals surface area contributed by atoms with Gasteiger partial charge in [0.15, 0.2) is 0 Å². The van der Waals surface area contributed by atoms with Crippen LogP contribution in [0.3, 0.4) is 0 Å². The predicted molar refractivity (Wildman–Crippen MR) is 47.4 cm³/mol. The van der Waals surface area contributed by atoms with Crippen molar-refractivity contribution in [3.8, 4) is 0 Å². The van der Waals surface area contributed by atoms with E-state index in [-0.39, 0.29) is 5.60 Å². The fourth-order valence-electron chi connectivity index (χ4n) is 1.22. The van der Waals surface area contributed by atoms with E-state index in [1.54, 1.807) is 14.2 Å². The molecule has 1 aliphatic carbocycles. The molecule has 0 aromatic rings. The Morgan fingerprint density at radius 3 is 2.58 bits per heavy atom. The third-order valence-electron chi connectivity index (χ3n) is 2.12. The zero-order valence-corrected chi connectivity index (χ0v) is 7.76. The van der Waals surface area contributed by atoms with Gasteiger partial charge in [-0.25, -0.2) is 0 Å². The number of rotatable bonds is 2. The van der Waals surface area contributed by atoms with Crippen molar-refractivity contribution in [1.82, 2.24) is 0 Å². The van der Waals surface area contributed by atoms with E-state index in [0.29, 0.717) is 5.70 Å². The number of ether oxygens (including phenoxy) is 2. The topological polar surface area (TPSA) is 44.5 Å². The average molecular weight is 169 g/mol. The standard InChI is InChI=1S/C9H15NO2/c1-9(12-3)5-4-8(11-2)7(10)6-9/h4,6H,5,10H2,1-3H3. The molecule has 0 aliphatic heterocycles. The van der Waals surface area contributed by atoms with Gasteiger partial charge in [0.2, 0.25) is 0 Å². The Hall–Kier alpha value is -0.960. The molecule has 1 atom stereocenters. The highest BCUT2D eigenvalue weighted by atomic mass is 16.5. The lowest BCUT2D eigenvalue weighted by Gasteiger charge is -2.27. The summed E-state index contributed by atoms with van der Waals surface area (Å²) in [5.74, 6) is 0.740. The lowest BCUT2D eigenvalue weighted by atomic mass is 9.95. The van der Waals surface area contributed by atoms with E-state index in [4.69, 9.17) is 15.2 Å². The van der Waals surface area contributed by atoms with Gasteiger partial charge < -0.3 is 15.2 Å². The molecule has 0 heterocycles. The minimum Gasteiger partial charge on any atom is -0.495 e. The highest BCUT2D eigenvalue weighted by molar-refractivity contribution is 5.30. The summed E-state index contributed by atoms with van der Waals surface area (Å²) in [6, 6.07) is 0. The number of hydrogen-bond donors (Lipinski definition) is 1. The highest BCUT2D eigenvalue weighted by Crippen LogP contribution is 2.26. The van der Waals surface area contributed by atoms with Crippen molar-refractivity contribution < 1.29 is 9.47 Å². The van der Waals surface area contributed by atoms with Crippen molar-refractivity contribution in [2.24, 2.45) is 5.73 Å². The van der Waals surface area contributed by atoms with Crippen LogP contribution in [0.15, 0.2) is 23.6 Å². The maximum absolute atomic E-state index is 5.73. The van der Waals surface area contributed by atoms with Gasteiger partial charge in [0.05, 0.1) is 18.4 Å². The normalized spacial score (nSPS) is 29.2. The zero-order chi connectivity index (χ0) is 9.19. The summed E-state index contributed by atoms with van der Waals surface area (Å²) in [4.78, 5) is 0. The molecule has 1 unspecified atom stereocenters. The van der Waals surface area contributed by atoms with Crippen molar-refractivity contribution in [3.05, 3.63) is 23.6 Å². The molecule has 0 aromatic carbocycles. The molecule has 3 heteroatoms. The Balaban J connectivity index is 2.82. The van der Waals surface area contributed by atoms with E-state index in [1.165, 1.54) is 0 Å². The molecular formula is C9H15NO2. The Labute approximate surface area is 72.8 Å². The molecule has 0 amide bonds. The van der Waals surface area contributed by atoms with Crippen LogP contribution in [0.2, 0.25) is 0 Å². The van der Waals surface area contributed by atoms with Crippen LogP contribution in [0.5, 0.6) is 0 Å². The largest absolute Gasteiger partial charge is 0.495 e. The third-order valence-corrected chi connectivity index (χ3v) is 2.12. The van der Waals surface area contributed by atoms with Gasteiger partial charge in [-0.1, -0.05) is 0 Å². The van der Waals surface area contributed by atoms with E-state index in [1.807, 2.05) is 19.1 Å². The first-order chi connectivity index (χ1) is 5.61. The molecule has 68 valence electrons. The van der Waals surface area contributed by atoms with Crippen LogP contribution in [-0.2, 0) is 9.47 Å². The summed E-state index contributed by atoms with van der Waals surface area (Å²) in [5, 5.41) is 0. The van der Waals surface area contributed by atoms with Crippen LogP contribution < -0.4 is 5.73 Å². The maximum atomic E-state index is 5.73. The molecule has 0 fully saturated rings. The summed E-state index contributed by atoms with van der Waals surface area (Å²) in [7, 11) is 3.29. The maximum Gasteiger partial charge on any atom is 0.137 e. The Morgan fingerprint density at radius 1 is 1.50 bits per heavy atom. The lowest BCUT2D eigenvalue weighted by molar-refractivity contribution is 0.0474. The van der Waals surface area contributed by atoms with Gasteiger partial charge in [0.25, 0.3) is 0 Å². The number of hydrogen-bond acceptors (Lipinski definition) is 3. The third kappa shape index (κ3) is 1.61. The van der Waals surface area contributed by atoms with Crippen molar-refractivity contribution in [2.45, 2.75) is 18.9 Å². The number of nitrogens with two attached hydrogens (primary N) is 1. The molecule has 0 spiro atoms. The molecule has 1 aliphatic rings. The zero-order valence-electron chi connectivity index (χ0n) is 7.76. The van der Waals surface area contributed by atoms with Gasteiger partial charge in [0.1, 0.15) is 5.76 Å². The lowest BCUT2D eigenvalue weighted by Crippen LogP contribution is -2.28. The van der Waals surface area contributed by atoms with Gasteiger partial charge in [-0.3, -0.25) is 0 Å². The van der Waals surface area contributed by atoms with Crippen LogP contribution in [0.4, 0.5) is 0 Å². The highest BCUT2D eigenvalue weighted by Gasteiger charge is 2.24. The van der Waals surface area contributed by atoms with Crippen LogP contribution in [-0.4, -0.2) is 19.8 Å². The second-order valence-corrected chi connectivity index (χ2v) is 3.09. The fourth-order valence-corrected chi connectivity index (χ4v) is 1.22. The second kappa shape index (κ2) is 3.19. The molecule has 3 nitrogen and oxygen atoms in total. The predicted octanol–water partition coefficient (Wildman–Crippen LogP) is 1.17. The van der Waals surface area contributed by atoms with Gasteiger partial charge in [-0.2, -0.15) is 0 Å². The molecule has 12 heavy (non-hydrogen) atoms. The van der Waals surface area contributed by atoms with E-state index in [9.17, 15) is 0 Å². The quantitative estimate of drug-likeness (QED) is 0.674. The Morgan fingerprint density at radius 2 is 2.17 bits per heavy atom. The summed E-state index contributed by atoms with van der Waals surface area (Å²) in [6.07, 6.45) is 4.62. The van der Waals surface area contributed by atoms with Gasteiger partial charge >= 0.3 is 0 Å². The first kappa shape index (κ1) is 9.13. The monoisotopic (exact) mass is 169 g/mol. The van der Waals surface area contributed by atoms with E-state index >= 15 is 0 Å². The molecule has 2 N–H and O–H groups in total. The van der Waals surface area contributed by atoms with Crippen molar-refractivity contribution in [1.29, 1.82) is 0 Å². The summed E-state index contributed by atoms with van der Waals surface area (Å²) < 4.78 is 10.3. The summed E-state index contributed by atoms with van der Waals surface area (Å²) in [6.45, 7) is 1.99. The average Bonchev–Trinajstić information content (AvgIpc) is 2.05. The van der Waals surface area contributed by atoms with Gasteiger partial charge in [0, 0.05) is 13.5 Å². The Kier molecular flexibility index (Phi) is 2.43. The van der Waals surface area contributed by atoms with E-state index < -0.39 is 0 Å². The van der Waals surface area contributed by atoms with Gasteiger partial charge in [-0.05, 0) is 19.1 Å². The van der Waals surface area contributed by atoms with E-state index in [0.717, 1.165) is 12.2 Å². The second-order valence-electron chi connectivity index (χ2n) is 3.09. The molecule has 1 rings (SSSR count). The van der Waals surface area contributed by atoms with Crippen LogP contribution >= 0.6 is 0 Å². The molecule has 0 radical (unpaired) electrons. The minimum atomic E-state index is -0.272. The molecular weight excluding hydrogens is 154 g/mol. The number of methoxy groups -OCH3 is 2. The first-order valence-electron chi connectivity index (χ1n) is 3.89. The molecule has 0 saturated heterocycles. The first-order valence-corrected chi connectivity index (χ1v) is 3.89. The smallest absolute Gasteiger partial charge is 0.137 e. The van der Waals surface area contributed by atoms with Crippen LogP contribution in [0, 0.1) is 0 Å². The van der Waals surface area contributed by atoms with Crippen molar-refractivity contribution in [2.75, 3.05) is 14.2 Å². The van der Waals surface area contributed by atoms with Crippen molar-refractivity contribution in [3.63, 3.8) is 0 Å². The van der Waals surface area contributed by atoms with Crippen LogP contribution in [0.1, 0.15) is 13.3 Å². The fraction of sp³-hybridized carbons (Fsp3) is 0.556. The van der Waals surface area contributed by atoms with E-state index in [2.05, 4.69) is 0 Å². The minimum absolute atomic E-state index is 0.272. The summed E-state index contributed by atoms with van der Waals surface area (Å²) >= 11 is 0. The van der Waals surface area contributed by atoms with Crippen molar-refractivity contribution >= 4 is 0 Å². The Bertz CT molecular complexity index is 233. The molecule has 0 aromatic heterocycles. The SMILES string of the molecule is COC1=CCC(C)(OC)C=C1N. The van der Waals surface area contributed by atoms with Crippen LogP contribution in [0.25, 0.3) is 0 Å². The van der Waals surface area contributed by atoms with Gasteiger partial charge in [-0.15, -0.1) is 0 Å². The summed E-state index contributed by atoms with van der Waals surface area (Å²) in [5.41, 5.74) is 6.10.